The van der Waals surface area contributed by atoms with Gasteiger partial charge in [0.1, 0.15) is 5.82 Å². The molecule has 2 fully saturated rings. The van der Waals surface area contributed by atoms with Gasteiger partial charge in [0.15, 0.2) is 0 Å². The molecule has 0 radical (unpaired) electrons. The number of sulfonamides is 1. The van der Waals surface area contributed by atoms with E-state index in [0.717, 1.165) is 12.8 Å². The van der Waals surface area contributed by atoms with Crippen molar-refractivity contribution in [3.05, 3.63) is 18.3 Å². The second kappa shape index (κ2) is 4.73. The van der Waals surface area contributed by atoms with Gasteiger partial charge in [-0.25, -0.2) is 24.0 Å². The van der Waals surface area contributed by atoms with Gasteiger partial charge < -0.3 is 5.43 Å². The smallest absolute Gasteiger partial charge is 0.241 e. The first-order valence-electron chi connectivity index (χ1n) is 6.53. The van der Waals surface area contributed by atoms with E-state index in [4.69, 9.17) is 5.84 Å². The van der Waals surface area contributed by atoms with Gasteiger partial charge in [0.05, 0.1) is 4.90 Å². The maximum absolute atomic E-state index is 12.3. The van der Waals surface area contributed by atoms with Gasteiger partial charge >= 0.3 is 0 Å². The van der Waals surface area contributed by atoms with Crippen molar-refractivity contribution in [1.29, 1.82) is 0 Å². The van der Waals surface area contributed by atoms with Crippen LogP contribution in [0.25, 0.3) is 0 Å². The number of nitrogen functional groups attached to an aromatic ring is 1. The zero-order chi connectivity index (χ0) is 13.5. The van der Waals surface area contributed by atoms with Crippen molar-refractivity contribution in [2.45, 2.75) is 36.6 Å². The topological polar surface area (TPSA) is 97.1 Å². The number of anilines is 1. The molecule has 0 aliphatic heterocycles. The third-order valence-corrected chi connectivity index (χ3v) is 5.72. The van der Waals surface area contributed by atoms with Crippen LogP contribution in [0.5, 0.6) is 0 Å². The maximum Gasteiger partial charge on any atom is 0.241 e. The van der Waals surface area contributed by atoms with E-state index in [2.05, 4.69) is 15.1 Å². The fourth-order valence-electron chi connectivity index (χ4n) is 3.31. The molecule has 0 aromatic carbocycles. The molecular weight excluding hydrogens is 264 g/mol. The summed E-state index contributed by atoms with van der Waals surface area (Å²) in [5.74, 6) is 6.80. The van der Waals surface area contributed by atoms with Crippen molar-refractivity contribution < 1.29 is 8.42 Å². The highest BCUT2D eigenvalue weighted by molar-refractivity contribution is 7.89. The SMILES string of the molecule is NNc1cc(S(=O)(=O)NC2CC3CCC2C3)ccn1. The molecule has 6 nitrogen and oxygen atoms in total. The standard InChI is InChI=1S/C12H18N4O2S/c13-15-12-7-10(3-4-14-12)19(17,18)16-11-6-8-1-2-9(11)5-8/h3-4,7-9,11,16H,1-2,5-6,13H2,(H,14,15). The van der Waals surface area contributed by atoms with Crippen molar-refractivity contribution in [1.82, 2.24) is 9.71 Å². The number of hydrazine groups is 1. The predicted octanol–water partition coefficient (Wildman–Crippen LogP) is 0.834. The second-order valence-corrected chi connectivity index (χ2v) is 7.14. The van der Waals surface area contributed by atoms with Crippen LogP contribution in [0.2, 0.25) is 0 Å². The normalized spacial score (nSPS) is 29.6. The second-order valence-electron chi connectivity index (χ2n) is 5.42. The summed E-state index contributed by atoms with van der Waals surface area (Å²) in [6, 6.07) is 3.01. The summed E-state index contributed by atoms with van der Waals surface area (Å²) < 4.78 is 27.5. The van der Waals surface area contributed by atoms with Gasteiger partial charge in [-0.05, 0) is 37.2 Å². The van der Waals surface area contributed by atoms with Crippen LogP contribution in [-0.4, -0.2) is 19.4 Å². The number of nitrogens with two attached hydrogens (primary N) is 1. The number of fused-ring (bicyclic) bond motifs is 2. The van der Waals surface area contributed by atoms with Crippen molar-refractivity contribution in [2.24, 2.45) is 17.7 Å². The summed E-state index contributed by atoms with van der Waals surface area (Å²) in [5, 5.41) is 0. The molecule has 2 saturated carbocycles. The zero-order valence-corrected chi connectivity index (χ0v) is 11.4. The van der Waals surface area contributed by atoms with Gasteiger partial charge in [-0.15, -0.1) is 0 Å². The van der Waals surface area contributed by atoms with Gasteiger partial charge in [0.2, 0.25) is 10.0 Å². The van der Waals surface area contributed by atoms with Crippen LogP contribution >= 0.6 is 0 Å². The van der Waals surface area contributed by atoms with E-state index in [-0.39, 0.29) is 10.9 Å². The Bertz CT molecular complexity index is 575. The lowest BCUT2D eigenvalue weighted by Gasteiger charge is -2.22. The highest BCUT2D eigenvalue weighted by Crippen LogP contribution is 2.44. The highest BCUT2D eigenvalue weighted by Gasteiger charge is 2.41. The third-order valence-electron chi connectivity index (χ3n) is 4.23. The van der Waals surface area contributed by atoms with Gasteiger partial charge in [-0.2, -0.15) is 0 Å². The Kier molecular flexibility index (Phi) is 3.20. The number of nitrogens with zero attached hydrogens (tertiary/aromatic N) is 1. The number of rotatable bonds is 4. The van der Waals surface area contributed by atoms with Gasteiger partial charge in [-0.3, -0.25) is 0 Å². The quantitative estimate of drug-likeness (QED) is 0.561. The summed E-state index contributed by atoms with van der Waals surface area (Å²) in [4.78, 5) is 4.12. The zero-order valence-electron chi connectivity index (χ0n) is 10.5. The van der Waals surface area contributed by atoms with Gasteiger partial charge in [0.25, 0.3) is 0 Å². The molecule has 0 spiro atoms. The van der Waals surface area contributed by atoms with Crippen molar-refractivity contribution in [3.63, 3.8) is 0 Å². The largest absolute Gasteiger partial charge is 0.308 e. The Balaban J connectivity index is 1.78. The Morgan fingerprint density at radius 3 is 2.79 bits per heavy atom. The maximum atomic E-state index is 12.3. The van der Waals surface area contributed by atoms with E-state index < -0.39 is 10.0 Å². The molecule has 7 heteroatoms. The monoisotopic (exact) mass is 282 g/mol. The molecule has 1 aromatic rings. The number of hydrogen-bond donors (Lipinski definition) is 3. The Hall–Kier alpha value is -1.18. The van der Waals surface area contributed by atoms with E-state index in [1.807, 2.05) is 0 Å². The molecule has 4 N–H and O–H groups in total. The molecule has 19 heavy (non-hydrogen) atoms. The molecule has 2 aliphatic rings. The van der Waals surface area contributed by atoms with Crippen molar-refractivity contribution in [3.8, 4) is 0 Å². The first-order valence-corrected chi connectivity index (χ1v) is 8.02. The minimum atomic E-state index is -3.48. The Morgan fingerprint density at radius 2 is 2.16 bits per heavy atom. The summed E-state index contributed by atoms with van der Waals surface area (Å²) in [7, 11) is -3.48. The first kappa shape index (κ1) is 12.8. The van der Waals surface area contributed by atoms with Crippen LogP contribution in [0.1, 0.15) is 25.7 Å². The molecule has 3 unspecified atom stereocenters. The fraction of sp³-hybridized carbons (Fsp3) is 0.583. The van der Waals surface area contributed by atoms with Crippen LogP contribution in [0.15, 0.2) is 23.2 Å². The minimum absolute atomic E-state index is 0.0891. The average Bonchev–Trinajstić information content (AvgIpc) is 3.00. The molecule has 1 aromatic heterocycles. The number of aromatic nitrogens is 1. The van der Waals surface area contributed by atoms with Gasteiger partial charge in [0, 0.05) is 18.3 Å². The molecule has 2 bridgehead atoms. The van der Waals surface area contributed by atoms with Crippen molar-refractivity contribution >= 4 is 15.8 Å². The predicted molar refractivity (Wildman–Crippen MR) is 71.6 cm³/mol. The van der Waals surface area contributed by atoms with Crippen LogP contribution in [0.3, 0.4) is 0 Å². The first-order chi connectivity index (χ1) is 9.08. The van der Waals surface area contributed by atoms with Crippen LogP contribution in [0.4, 0.5) is 5.82 Å². The molecular formula is C12H18N4O2S. The molecule has 0 saturated heterocycles. The lowest BCUT2D eigenvalue weighted by molar-refractivity contribution is 0.390. The molecule has 2 aliphatic carbocycles. The minimum Gasteiger partial charge on any atom is -0.308 e. The number of nitrogens with one attached hydrogen (secondary N) is 2. The van der Waals surface area contributed by atoms with E-state index in [1.165, 1.54) is 31.2 Å². The lowest BCUT2D eigenvalue weighted by atomic mass is 9.96. The third kappa shape index (κ3) is 2.45. The number of hydrogen-bond acceptors (Lipinski definition) is 5. The fourth-order valence-corrected chi connectivity index (χ4v) is 4.64. The number of pyridine rings is 1. The average molecular weight is 282 g/mol. The van der Waals surface area contributed by atoms with E-state index in [0.29, 0.717) is 17.7 Å². The Morgan fingerprint density at radius 1 is 1.32 bits per heavy atom. The van der Waals surface area contributed by atoms with Crippen LogP contribution in [-0.2, 0) is 10.0 Å². The summed E-state index contributed by atoms with van der Waals surface area (Å²) in [6.45, 7) is 0. The van der Waals surface area contributed by atoms with E-state index >= 15 is 0 Å². The van der Waals surface area contributed by atoms with Crippen molar-refractivity contribution in [2.75, 3.05) is 5.43 Å². The summed E-state index contributed by atoms with van der Waals surface area (Å²) in [5.41, 5.74) is 2.36. The summed E-state index contributed by atoms with van der Waals surface area (Å²) >= 11 is 0. The molecule has 3 atom stereocenters. The van der Waals surface area contributed by atoms with Crippen LogP contribution < -0.4 is 16.0 Å². The Labute approximate surface area is 112 Å². The lowest BCUT2D eigenvalue weighted by Crippen LogP contribution is -2.38. The molecule has 104 valence electrons. The molecule has 0 amide bonds. The van der Waals surface area contributed by atoms with E-state index in [1.54, 1.807) is 0 Å². The van der Waals surface area contributed by atoms with Crippen LogP contribution in [0, 0.1) is 11.8 Å². The molecule has 3 rings (SSSR count). The molecule has 1 heterocycles. The van der Waals surface area contributed by atoms with Gasteiger partial charge in [-0.1, -0.05) is 6.42 Å². The summed E-state index contributed by atoms with van der Waals surface area (Å²) in [6.07, 6.45) is 5.96. The van der Waals surface area contributed by atoms with E-state index in [9.17, 15) is 8.42 Å². The highest BCUT2D eigenvalue weighted by atomic mass is 32.2.